The van der Waals surface area contributed by atoms with Gasteiger partial charge in [0.1, 0.15) is 18.4 Å². The first-order chi connectivity index (χ1) is 19.0. The zero-order chi connectivity index (χ0) is 26.9. The summed E-state index contributed by atoms with van der Waals surface area (Å²) < 4.78 is 6.31. The van der Waals surface area contributed by atoms with Crippen LogP contribution in [0.4, 0.5) is 5.69 Å². The van der Waals surface area contributed by atoms with Crippen molar-refractivity contribution in [2.45, 2.75) is 56.8 Å². The van der Waals surface area contributed by atoms with E-state index in [0.717, 1.165) is 52.8 Å². The van der Waals surface area contributed by atoms with Crippen molar-refractivity contribution in [2.75, 3.05) is 11.9 Å². The Morgan fingerprint density at radius 1 is 1.13 bits per heavy atom. The number of ether oxygens (including phenoxy) is 1. The Hall–Kier alpha value is -4.15. The number of amides is 2. The summed E-state index contributed by atoms with van der Waals surface area (Å²) in [4.78, 5) is 26.9. The van der Waals surface area contributed by atoms with Crippen molar-refractivity contribution in [1.82, 2.24) is 10.6 Å². The van der Waals surface area contributed by atoms with E-state index in [2.05, 4.69) is 16.7 Å². The van der Waals surface area contributed by atoms with Gasteiger partial charge in [0, 0.05) is 25.2 Å². The molecule has 3 aromatic carbocycles. The van der Waals surface area contributed by atoms with Crippen LogP contribution in [0.1, 0.15) is 36.0 Å². The van der Waals surface area contributed by atoms with E-state index in [1.54, 1.807) is 11.9 Å². The molecule has 7 nitrogen and oxygen atoms in total. The number of nitrogens with zero attached hydrogens (tertiary/aromatic N) is 2. The lowest BCUT2D eigenvalue weighted by Gasteiger charge is -2.24. The average molecular weight is 521 g/mol. The van der Waals surface area contributed by atoms with Gasteiger partial charge in [-0.2, -0.15) is 5.26 Å². The molecule has 1 saturated carbocycles. The number of rotatable bonds is 8. The highest BCUT2D eigenvalue weighted by molar-refractivity contribution is 6.01. The number of nitriles is 1. The number of carbonyl (C=O) groups is 2. The van der Waals surface area contributed by atoms with Gasteiger partial charge >= 0.3 is 0 Å². The van der Waals surface area contributed by atoms with E-state index in [0.29, 0.717) is 37.2 Å². The van der Waals surface area contributed by atoms with Crippen LogP contribution in [0.2, 0.25) is 0 Å². The molecule has 0 spiro atoms. The maximum absolute atomic E-state index is 13.0. The third-order valence-electron chi connectivity index (χ3n) is 8.34. The molecule has 4 atom stereocenters. The molecule has 0 aromatic heterocycles. The molecule has 1 aliphatic carbocycles. The Labute approximate surface area is 228 Å². The van der Waals surface area contributed by atoms with Crippen molar-refractivity contribution in [3.05, 3.63) is 83.4 Å². The molecule has 3 unspecified atom stereocenters. The largest absolute Gasteiger partial charge is 0.489 e. The van der Waals surface area contributed by atoms with Gasteiger partial charge in [0.2, 0.25) is 11.8 Å². The summed E-state index contributed by atoms with van der Waals surface area (Å²) in [7, 11) is 1.80. The number of likely N-dealkylation sites (N-methyl/N-ethyl adjacent to an activating group) is 1. The maximum Gasteiger partial charge on any atom is 0.238 e. The van der Waals surface area contributed by atoms with Crippen molar-refractivity contribution in [3.8, 4) is 22.9 Å². The number of hydrogen-bond acceptors (Lipinski definition) is 5. The van der Waals surface area contributed by atoms with E-state index < -0.39 is 6.04 Å². The third kappa shape index (κ3) is 5.13. The third-order valence-corrected chi connectivity index (χ3v) is 8.34. The van der Waals surface area contributed by atoms with E-state index in [1.807, 2.05) is 66.7 Å². The molecule has 198 valence electrons. The van der Waals surface area contributed by atoms with Gasteiger partial charge < -0.3 is 20.3 Å². The number of hydrogen-bond donors (Lipinski definition) is 2. The topological polar surface area (TPSA) is 94.5 Å². The molecule has 1 saturated heterocycles. The van der Waals surface area contributed by atoms with Crippen molar-refractivity contribution in [1.29, 1.82) is 5.26 Å². The fraction of sp³-hybridized carbons (Fsp3) is 0.344. The minimum absolute atomic E-state index is 0.0890. The number of fused-ring (bicyclic) bond motifs is 3. The van der Waals surface area contributed by atoms with Crippen molar-refractivity contribution >= 4 is 17.5 Å². The smallest absolute Gasteiger partial charge is 0.238 e. The van der Waals surface area contributed by atoms with Crippen LogP contribution in [0.15, 0.2) is 66.7 Å². The Balaban J connectivity index is 1.24. The van der Waals surface area contributed by atoms with Gasteiger partial charge in [-0.3, -0.25) is 9.59 Å². The summed E-state index contributed by atoms with van der Waals surface area (Å²) in [6, 6.07) is 23.8. The summed E-state index contributed by atoms with van der Waals surface area (Å²) in [5, 5.41) is 16.3. The summed E-state index contributed by atoms with van der Waals surface area (Å²) in [6.45, 7) is 0.386. The highest BCUT2D eigenvalue weighted by Crippen LogP contribution is 2.36. The molecule has 2 heterocycles. The molecule has 2 N–H and O–H groups in total. The molecule has 6 rings (SSSR count). The van der Waals surface area contributed by atoms with Crippen LogP contribution in [-0.2, 0) is 29.0 Å². The number of carbonyl (C=O) groups excluding carboxylic acids is 2. The lowest BCUT2D eigenvalue weighted by molar-refractivity contribution is -0.124. The maximum atomic E-state index is 13.0. The molecule has 3 aliphatic rings. The van der Waals surface area contributed by atoms with Gasteiger partial charge in [-0.25, -0.2) is 0 Å². The molecular formula is C32H32N4O3. The van der Waals surface area contributed by atoms with Gasteiger partial charge in [-0.05, 0) is 65.1 Å². The Kier molecular flexibility index (Phi) is 6.80. The molecule has 7 heteroatoms. The predicted molar refractivity (Wildman–Crippen MR) is 149 cm³/mol. The van der Waals surface area contributed by atoms with Gasteiger partial charge in [0.25, 0.3) is 0 Å². The highest BCUT2D eigenvalue weighted by Gasteiger charge is 2.43. The van der Waals surface area contributed by atoms with E-state index >= 15 is 0 Å². The average Bonchev–Trinajstić information content (AvgIpc) is 3.67. The van der Waals surface area contributed by atoms with Crippen LogP contribution in [0.3, 0.4) is 0 Å². The van der Waals surface area contributed by atoms with Crippen molar-refractivity contribution in [2.24, 2.45) is 5.92 Å². The zero-order valence-electron chi connectivity index (χ0n) is 22.0. The molecule has 2 bridgehead atoms. The standard InChI is InChI=1S/C32H32N4O3/c1-36-28-15-21(7-9-23(28)17-30(36)37)22-8-10-24(29(16-22)39-19-20-5-3-2-4-6-20)13-27(18-33)35-32(38)31-25-11-12-26(14-25)34-31/h2-10,15-16,25-27,31,34H,11-14,17,19H2,1H3,(H,35,38)/t25?,26?,27?,31-/m0/s1. The van der Waals surface area contributed by atoms with Crippen LogP contribution in [-0.4, -0.2) is 37.0 Å². The Bertz CT molecular complexity index is 1450. The fourth-order valence-corrected chi connectivity index (χ4v) is 6.15. The first-order valence-corrected chi connectivity index (χ1v) is 13.6. The molecule has 0 radical (unpaired) electrons. The predicted octanol–water partition coefficient (Wildman–Crippen LogP) is 4.14. The van der Waals surface area contributed by atoms with Crippen LogP contribution in [0.5, 0.6) is 5.75 Å². The Morgan fingerprint density at radius 3 is 2.67 bits per heavy atom. The van der Waals surface area contributed by atoms with E-state index in [-0.39, 0.29) is 17.9 Å². The second kappa shape index (κ2) is 10.5. The molecule has 39 heavy (non-hydrogen) atoms. The summed E-state index contributed by atoms with van der Waals surface area (Å²) in [6.07, 6.45) is 4.01. The van der Waals surface area contributed by atoms with E-state index in [9.17, 15) is 14.9 Å². The number of nitrogens with one attached hydrogen (secondary N) is 2. The quantitative estimate of drug-likeness (QED) is 0.466. The van der Waals surface area contributed by atoms with Gasteiger partial charge in [0.15, 0.2) is 0 Å². The molecule has 2 amide bonds. The van der Waals surface area contributed by atoms with Gasteiger partial charge in [0.05, 0.1) is 18.5 Å². The van der Waals surface area contributed by atoms with Crippen LogP contribution < -0.4 is 20.3 Å². The first kappa shape index (κ1) is 25.1. The minimum atomic E-state index is -0.664. The van der Waals surface area contributed by atoms with Gasteiger partial charge in [-0.15, -0.1) is 0 Å². The van der Waals surface area contributed by atoms with Gasteiger partial charge in [-0.1, -0.05) is 54.6 Å². The van der Waals surface area contributed by atoms with Crippen LogP contribution in [0, 0.1) is 17.2 Å². The van der Waals surface area contributed by atoms with Crippen LogP contribution >= 0.6 is 0 Å². The summed E-state index contributed by atoms with van der Waals surface area (Å²) in [5.41, 5.74) is 5.80. The van der Waals surface area contributed by atoms with Crippen molar-refractivity contribution < 1.29 is 14.3 Å². The molecule has 3 aromatic rings. The van der Waals surface area contributed by atoms with Crippen LogP contribution in [0.25, 0.3) is 11.1 Å². The number of piperidine rings is 1. The number of benzene rings is 3. The second-order valence-corrected chi connectivity index (χ2v) is 10.9. The lowest BCUT2D eigenvalue weighted by Crippen LogP contribution is -2.50. The van der Waals surface area contributed by atoms with E-state index in [4.69, 9.17) is 4.74 Å². The fourth-order valence-electron chi connectivity index (χ4n) is 6.15. The zero-order valence-corrected chi connectivity index (χ0v) is 22.0. The molecule has 2 fully saturated rings. The highest BCUT2D eigenvalue weighted by atomic mass is 16.5. The summed E-state index contributed by atoms with van der Waals surface area (Å²) >= 11 is 0. The van der Waals surface area contributed by atoms with E-state index in [1.165, 1.54) is 0 Å². The lowest BCUT2D eigenvalue weighted by atomic mass is 9.97. The Morgan fingerprint density at radius 2 is 1.92 bits per heavy atom. The second-order valence-electron chi connectivity index (χ2n) is 10.9. The minimum Gasteiger partial charge on any atom is -0.489 e. The monoisotopic (exact) mass is 520 g/mol. The first-order valence-electron chi connectivity index (χ1n) is 13.6. The number of anilines is 1. The molecule has 2 aliphatic heterocycles. The van der Waals surface area contributed by atoms with Crippen molar-refractivity contribution in [3.63, 3.8) is 0 Å². The molecular weight excluding hydrogens is 488 g/mol. The SMILES string of the molecule is CN1C(=O)Cc2ccc(-c3ccc(CC(C#N)NC(=O)[C@H]4NC5CCC4C5)c(OCc4ccccc4)c3)cc21. The normalized spacial score (nSPS) is 21.9. The summed E-state index contributed by atoms with van der Waals surface area (Å²) in [5.74, 6) is 1.04.